The maximum Gasteiger partial charge on any atom is 0.260 e. The highest BCUT2D eigenvalue weighted by atomic mass is 35.5. The second-order valence-corrected chi connectivity index (χ2v) is 5.82. The van der Waals surface area contributed by atoms with Gasteiger partial charge in [0.15, 0.2) is 5.03 Å². The lowest BCUT2D eigenvalue weighted by molar-refractivity contribution is 0.315. The number of sulfonamides is 1. The minimum Gasteiger partial charge on any atom is -0.327 e. The van der Waals surface area contributed by atoms with Gasteiger partial charge in [0.25, 0.3) is 10.0 Å². The first-order valence-corrected chi connectivity index (χ1v) is 6.71. The number of nitrogens with zero attached hydrogens (tertiary/aromatic N) is 2. The predicted octanol–water partition coefficient (Wildman–Crippen LogP) is 0.615. The summed E-state index contributed by atoms with van der Waals surface area (Å²) in [6.45, 7) is 0.922. The average molecular weight is 278 g/mol. The third-order valence-electron chi connectivity index (χ3n) is 2.66. The number of nitrogens with two attached hydrogens (primary N) is 1. The molecule has 1 atom stereocenters. The normalized spacial score (nSPS) is 21.8. The molecule has 1 saturated heterocycles. The molecule has 0 radical (unpaired) electrons. The number of piperidine rings is 1. The fraction of sp³-hybridized carbons (Fsp3) is 0.500. The molecular formula is C10H16ClN3O2S. The summed E-state index contributed by atoms with van der Waals surface area (Å²) < 4.78 is 25.7. The summed E-state index contributed by atoms with van der Waals surface area (Å²) in [5.74, 6) is 0. The molecule has 0 bridgehead atoms. The zero-order valence-electron chi connectivity index (χ0n) is 9.32. The molecule has 17 heavy (non-hydrogen) atoms. The maximum atomic E-state index is 12.1. The molecule has 1 aliphatic heterocycles. The Morgan fingerprint density at radius 2 is 2.18 bits per heavy atom. The lowest BCUT2D eigenvalue weighted by atomic mass is 10.1. The van der Waals surface area contributed by atoms with Crippen molar-refractivity contribution < 1.29 is 8.42 Å². The molecule has 1 aromatic heterocycles. The second-order valence-electron chi connectivity index (χ2n) is 3.93. The van der Waals surface area contributed by atoms with Crippen LogP contribution in [0.1, 0.15) is 12.8 Å². The van der Waals surface area contributed by atoms with Crippen molar-refractivity contribution in [1.29, 1.82) is 0 Å². The summed E-state index contributed by atoms with van der Waals surface area (Å²) in [7, 11) is -3.45. The quantitative estimate of drug-likeness (QED) is 0.860. The molecule has 2 N–H and O–H groups in total. The molecule has 0 spiro atoms. The summed E-state index contributed by atoms with van der Waals surface area (Å²) in [6.07, 6.45) is 3.18. The van der Waals surface area contributed by atoms with E-state index in [1.807, 2.05) is 0 Å². The van der Waals surface area contributed by atoms with Gasteiger partial charge in [-0.1, -0.05) is 6.07 Å². The monoisotopic (exact) mass is 277 g/mol. The largest absolute Gasteiger partial charge is 0.327 e. The number of halogens is 1. The van der Waals surface area contributed by atoms with Gasteiger partial charge in [-0.3, -0.25) is 0 Å². The Labute approximate surface area is 107 Å². The zero-order valence-corrected chi connectivity index (χ0v) is 11.0. The fourth-order valence-electron chi connectivity index (χ4n) is 1.82. The van der Waals surface area contributed by atoms with Gasteiger partial charge in [-0.2, -0.15) is 4.31 Å². The SMILES string of the molecule is Cl.NC1CCCN(S(=O)(=O)c2ccccn2)C1. The Bertz CT molecular complexity index is 452. The Kier molecular flexibility index (Phi) is 4.88. The van der Waals surface area contributed by atoms with Crippen LogP contribution in [0, 0.1) is 0 Å². The number of hydrogen-bond acceptors (Lipinski definition) is 4. The van der Waals surface area contributed by atoms with E-state index in [2.05, 4.69) is 4.98 Å². The molecule has 0 aromatic carbocycles. The number of hydrogen-bond donors (Lipinski definition) is 1. The van der Waals surface area contributed by atoms with E-state index in [1.54, 1.807) is 12.1 Å². The van der Waals surface area contributed by atoms with E-state index < -0.39 is 10.0 Å². The van der Waals surface area contributed by atoms with Crippen molar-refractivity contribution in [2.24, 2.45) is 5.73 Å². The van der Waals surface area contributed by atoms with Crippen LogP contribution in [-0.2, 0) is 10.0 Å². The summed E-state index contributed by atoms with van der Waals surface area (Å²) >= 11 is 0. The van der Waals surface area contributed by atoms with Gasteiger partial charge in [-0.15, -0.1) is 12.4 Å². The molecule has 1 unspecified atom stereocenters. The molecular weight excluding hydrogens is 262 g/mol. The molecule has 0 amide bonds. The van der Waals surface area contributed by atoms with Gasteiger partial charge in [0.1, 0.15) is 0 Å². The van der Waals surface area contributed by atoms with Crippen molar-refractivity contribution in [2.45, 2.75) is 23.9 Å². The molecule has 7 heteroatoms. The molecule has 0 saturated carbocycles. The van der Waals surface area contributed by atoms with E-state index in [0.717, 1.165) is 12.8 Å². The topological polar surface area (TPSA) is 76.3 Å². The van der Waals surface area contributed by atoms with E-state index in [9.17, 15) is 8.42 Å². The van der Waals surface area contributed by atoms with Gasteiger partial charge in [0, 0.05) is 25.3 Å². The summed E-state index contributed by atoms with van der Waals surface area (Å²) in [4.78, 5) is 3.88. The van der Waals surface area contributed by atoms with E-state index in [-0.39, 0.29) is 23.5 Å². The maximum absolute atomic E-state index is 12.1. The van der Waals surface area contributed by atoms with Crippen LogP contribution in [0.25, 0.3) is 0 Å². The van der Waals surface area contributed by atoms with Crippen LogP contribution in [0.2, 0.25) is 0 Å². The van der Waals surface area contributed by atoms with Crippen LogP contribution in [0.4, 0.5) is 0 Å². The third-order valence-corrected chi connectivity index (χ3v) is 4.44. The summed E-state index contributed by atoms with van der Waals surface area (Å²) in [6, 6.07) is 4.81. The Balaban J connectivity index is 0.00000144. The molecule has 96 valence electrons. The lowest BCUT2D eigenvalue weighted by Crippen LogP contribution is -2.45. The number of aromatic nitrogens is 1. The van der Waals surface area contributed by atoms with Crippen LogP contribution in [0.15, 0.2) is 29.4 Å². The summed E-state index contributed by atoms with van der Waals surface area (Å²) in [5, 5.41) is 0.101. The first-order valence-electron chi connectivity index (χ1n) is 5.27. The van der Waals surface area contributed by atoms with Crippen molar-refractivity contribution in [3.8, 4) is 0 Å². The zero-order chi connectivity index (χ0) is 11.6. The van der Waals surface area contributed by atoms with Crippen LogP contribution >= 0.6 is 12.4 Å². The highest BCUT2D eigenvalue weighted by molar-refractivity contribution is 7.89. The van der Waals surface area contributed by atoms with Crippen molar-refractivity contribution >= 4 is 22.4 Å². The minimum atomic E-state index is -3.45. The molecule has 5 nitrogen and oxygen atoms in total. The number of rotatable bonds is 2. The highest BCUT2D eigenvalue weighted by Crippen LogP contribution is 2.17. The second kappa shape index (κ2) is 5.77. The Morgan fingerprint density at radius 3 is 2.76 bits per heavy atom. The van der Waals surface area contributed by atoms with Crippen LogP contribution < -0.4 is 5.73 Å². The minimum absolute atomic E-state index is 0. The fourth-order valence-corrected chi connectivity index (χ4v) is 3.29. The third kappa shape index (κ3) is 3.16. The smallest absolute Gasteiger partial charge is 0.260 e. The standard InChI is InChI=1S/C10H15N3O2S.ClH/c11-9-4-3-7-13(8-9)16(14,15)10-5-1-2-6-12-10;/h1-2,5-6,9H,3-4,7-8,11H2;1H. The van der Waals surface area contributed by atoms with Crippen LogP contribution in [0.3, 0.4) is 0 Å². The Morgan fingerprint density at radius 1 is 1.41 bits per heavy atom. The molecule has 1 aliphatic rings. The summed E-state index contributed by atoms with van der Waals surface area (Å²) in [5.41, 5.74) is 5.77. The van der Waals surface area contributed by atoms with E-state index in [1.165, 1.54) is 16.6 Å². The Hall–Kier alpha value is -0.690. The van der Waals surface area contributed by atoms with E-state index in [0.29, 0.717) is 13.1 Å². The first kappa shape index (κ1) is 14.4. The molecule has 0 aliphatic carbocycles. The van der Waals surface area contributed by atoms with Gasteiger partial charge < -0.3 is 5.73 Å². The van der Waals surface area contributed by atoms with Crippen LogP contribution in [-0.4, -0.2) is 36.8 Å². The van der Waals surface area contributed by atoms with Gasteiger partial charge in [-0.25, -0.2) is 13.4 Å². The van der Waals surface area contributed by atoms with Crippen molar-refractivity contribution in [2.75, 3.05) is 13.1 Å². The highest BCUT2D eigenvalue weighted by Gasteiger charge is 2.29. The molecule has 2 rings (SSSR count). The van der Waals surface area contributed by atoms with E-state index >= 15 is 0 Å². The van der Waals surface area contributed by atoms with E-state index in [4.69, 9.17) is 5.73 Å². The lowest BCUT2D eigenvalue weighted by Gasteiger charge is -2.29. The van der Waals surface area contributed by atoms with Gasteiger partial charge in [0.2, 0.25) is 0 Å². The number of pyridine rings is 1. The van der Waals surface area contributed by atoms with Crippen molar-refractivity contribution in [3.05, 3.63) is 24.4 Å². The van der Waals surface area contributed by atoms with Crippen molar-refractivity contribution in [1.82, 2.24) is 9.29 Å². The average Bonchev–Trinajstić information content (AvgIpc) is 2.30. The predicted molar refractivity (Wildman–Crippen MR) is 67.5 cm³/mol. The van der Waals surface area contributed by atoms with Gasteiger partial charge in [0.05, 0.1) is 0 Å². The van der Waals surface area contributed by atoms with Gasteiger partial charge in [-0.05, 0) is 25.0 Å². The van der Waals surface area contributed by atoms with Gasteiger partial charge >= 0.3 is 0 Å². The first-order chi connectivity index (χ1) is 7.60. The molecule has 2 heterocycles. The molecule has 1 aromatic rings. The molecule has 1 fully saturated rings. The van der Waals surface area contributed by atoms with Crippen molar-refractivity contribution in [3.63, 3.8) is 0 Å². The van der Waals surface area contributed by atoms with Crippen LogP contribution in [0.5, 0.6) is 0 Å².